The van der Waals surface area contributed by atoms with Gasteiger partial charge in [0, 0.05) is 44.9 Å². The van der Waals surface area contributed by atoms with Gasteiger partial charge in [-0.1, -0.05) is 30.3 Å². The Bertz CT molecular complexity index is 603. The smallest absolute Gasteiger partial charge is 0.191 e. The fourth-order valence-corrected chi connectivity index (χ4v) is 4.04. The van der Waals surface area contributed by atoms with Crippen LogP contribution in [0, 0.1) is 0 Å². The Morgan fingerprint density at radius 3 is 2.67 bits per heavy atom. The standard InChI is InChI=1S/C23H37N3O3.HI/c1-2-24-22(25-13-7-14-28-18-21-10-6-15-29-21)26-19-23(11-16-27-17-12-23)20-8-4-3-5-9-20;/h3-5,8-9,21H,2,6-7,10-19H2,1H3,(H2,24,25,26);1H. The molecule has 1 aromatic rings. The van der Waals surface area contributed by atoms with Crippen LogP contribution >= 0.6 is 24.0 Å². The highest BCUT2D eigenvalue weighted by atomic mass is 127. The summed E-state index contributed by atoms with van der Waals surface area (Å²) in [5, 5.41) is 6.83. The van der Waals surface area contributed by atoms with Crippen LogP contribution in [0.15, 0.2) is 35.3 Å². The van der Waals surface area contributed by atoms with Crippen molar-refractivity contribution in [2.45, 2.75) is 50.5 Å². The molecule has 0 aliphatic carbocycles. The van der Waals surface area contributed by atoms with Gasteiger partial charge < -0.3 is 24.8 Å². The van der Waals surface area contributed by atoms with Crippen LogP contribution in [-0.2, 0) is 19.6 Å². The minimum atomic E-state index is 0. The third kappa shape index (κ3) is 7.98. The first-order valence-corrected chi connectivity index (χ1v) is 11.2. The second-order valence-corrected chi connectivity index (χ2v) is 7.94. The zero-order valence-corrected chi connectivity index (χ0v) is 20.6. The molecule has 2 heterocycles. The van der Waals surface area contributed by atoms with Crippen molar-refractivity contribution in [2.75, 3.05) is 52.7 Å². The summed E-state index contributed by atoms with van der Waals surface area (Å²) in [6, 6.07) is 10.8. The Morgan fingerprint density at radius 2 is 1.97 bits per heavy atom. The highest BCUT2D eigenvalue weighted by Gasteiger charge is 2.34. The van der Waals surface area contributed by atoms with Gasteiger partial charge in [-0.25, -0.2) is 0 Å². The monoisotopic (exact) mass is 531 g/mol. The minimum absolute atomic E-state index is 0. The maximum atomic E-state index is 5.75. The van der Waals surface area contributed by atoms with Crippen molar-refractivity contribution in [3.63, 3.8) is 0 Å². The maximum Gasteiger partial charge on any atom is 0.191 e. The molecule has 1 aromatic carbocycles. The number of ether oxygens (including phenoxy) is 3. The van der Waals surface area contributed by atoms with Crippen molar-refractivity contribution in [1.29, 1.82) is 0 Å². The molecular formula is C23H38IN3O3. The van der Waals surface area contributed by atoms with Gasteiger partial charge in [-0.2, -0.15) is 0 Å². The van der Waals surface area contributed by atoms with Crippen LogP contribution in [0.1, 0.15) is 44.6 Å². The molecule has 2 aliphatic rings. The molecule has 7 heteroatoms. The SMILES string of the molecule is CCNC(=NCC1(c2ccccc2)CCOCC1)NCCCOCC1CCCO1.I. The van der Waals surface area contributed by atoms with Gasteiger partial charge in [-0.15, -0.1) is 24.0 Å². The highest BCUT2D eigenvalue weighted by molar-refractivity contribution is 14.0. The molecule has 1 atom stereocenters. The Labute approximate surface area is 198 Å². The van der Waals surface area contributed by atoms with Crippen LogP contribution in [0.5, 0.6) is 0 Å². The molecule has 3 rings (SSSR count). The van der Waals surface area contributed by atoms with E-state index in [4.69, 9.17) is 19.2 Å². The van der Waals surface area contributed by atoms with E-state index >= 15 is 0 Å². The summed E-state index contributed by atoms with van der Waals surface area (Å²) in [7, 11) is 0. The van der Waals surface area contributed by atoms with Gasteiger partial charge in [0.25, 0.3) is 0 Å². The second-order valence-electron chi connectivity index (χ2n) is 7.94. The fourth-order valence-electron chi connectivity index (χ4n) is 4.04. The fraction of sp³-hybridized carbons (Fsp3) is 0.696. The molecule has 0 bridgehead atoms. The number of halogens is 1. The Kier molecular flexibility index (Phi) is 12.0. The van der Waals surface area contributed by atoms with E-state index in [9.17, 15) is 0 Å². The lowest BCUT2D eigenvalue weighted by Gasteiger charge is -2.36. The van der Waals surface area contributed by atoms with Gasteiger partial charge in [0.2, 0.25) is 0 Å². The van der Waals surface area contributed by atoms with Crippen molar-refractivity contribution in [2.24, 2.45) is 4.99 Å². The van der Waals surface area contributed by atoms with Crippen LogP contribution in [0.25, 0.3) is 0 Å². The van der Waals surface area contributed by atoms with E-state index in [1.165, 1.54) is 5.56 Å². The lowest BCUT2D eigenvalue weighted by atomic mass is 9.74. The van der Waals surface area contributed by atoms with Gasteiger partial charge in [0.1, 0.15) is 0 Å². The normalized spacial score (nSPS) is 21.1. The van der Waals surface area contributed by atoms with E-state index < -0.39 is 0 Å². The van der Waals surface area contributed by atoms with Crippen LogP contribution in [-0.4, -0.2) is 64.7 Å². The van der Waals surface area contributed by atoms with Crippen LogP contribution in [0.2, 0.25) is 0 Å². The number of nitrogens with zero attached hydrogens (tertiary/aromatic N) is 1. The number of benzene rings is 1. The molecule has 2 aliphatic heterocycles. The Morgan fingerprint density at radius 1 is 1.17 bits per heavy atom. The highest BCUT2D eigenvalue weighted by Crippen LogP contribution is 2.35. The molecule has 0 saturated carbocycles. The van der Waals surface area contributed by atoms with Crippen molar-refractivity contribution in [3.8, 4) is 0 Å². The predicted molar refractivity (Wildman–Crippen MR) is 132 cm³/mol. The number of hydrogen-bond acceptors (Lipinski definition) is 4. The largest absolute Gasteiger partial charge is 0.381 e. The number of rotatable bonds is 10. The zero-order chi connectivity index (χ0) is 20.2. The lowest BCUT2D eigenvalue weighted by Crippen LogP contribution is -2.41. The molecule has 0 radical (unpaired) electrons. The molecule has 0 amide bonds. The summed E-state index contributed by atoms with van der Waals surface area (Å²) in [6.07, 6.45) is 5.57. The first kappa shape index (κ1) is 25.4. The number of nitrogens with one attached hydrogen (secondary N) is 2. The lowest BCUT2D eigenvalue weighted by molar-refractivity contribution is 0.0168. The van der Waals surface area contributed by atoms with Crippen LogP contribution in [0.4, 0.5) is 0 Å². The van der Waals surface area contributed by atoms with Gasteiger partial charge in [-0.3, -0.25) is 4.99 Å². The van der Waals surface area contributed by atoms with E-state index in [-0.39, 0.29) is 29.4 Å². The molecule has 0 spiro atoms. The van der Waals surface area contributed by atoms with E-state index in [0.29, 0.717) is 6.10 Å². The predicted octanol–water partition coefficient (Wildman–Crippen LogP) is 3.49. The van der Waals surface area contributed by atoms with Crippen molar-refractivity contribution < 1.29 is 14.2 Å². The molecule has 2 N–H and O–H groups in total. The summed E-state index contributed by atoms with van der Waals surface area (Å²) < 4.78 is 17.0. The average Bonchev–Trinajstić information content (AvgIpc) is 3.29. The number of hydrogen-bond donors (Lipinski definition) is 2. The molecule has 6 nitrogen and oxygen atoms in total. The van der Waals surface area contributed by atoms with E-state index in [1.807, 2.05) is 0 Å². The molecule has 0 aromatic heterocycles. The average molecular weight is 531 g/mol. The molecule has 30 heavy (non-hydrogen) atoms. The molecule has 2 saturated heterocycles. The van der Waals surface area contributed by atoms with Gasteiger partial charge in [0.15, 0.2) is 5.96 Å². The topological polar surface area (TPSA) is 64.1 Å². The van der Waals surface area contributed by atoms with E-state index in [1.54, 1.807) is 0 Å². The van der Waals surface area contributed by atoms with E-state index in [0.717, 1.165) is 90.7 Å². The summed E-state index contributed by atoms with van der Waals surface area (Å²) >= 11 is 0. The Hall–Kier alpha value is -0.900. The third-order valence-electron chi connectivity index (χ3n) is 5.81. The second kappa shape index (κ2) is 14.2. The molecule has 2 fully saturated rings. The van der Waals surface area contributed by atoms with Gasteiger partial charge >= 0.3 is 0 Å². The van der Waals surface area contributed by atoms with E-state index in [2.05, 4.69) is 47.9 Å². The van der Waals surface area contributed by atoms with Gasteiger partial charge in [-0.05, 0) is 44.6 Å². The van der Waals surface area contributed by atoms with Crippen molar-refractivity contribution >= 4 is 29.9 Å². The van der Waals surface area contributed by atoms with Crippen LogP contribution < -0.4 is 10.6 Å². The summed E-state index contributed by atoms with van der Waals surface area (Å²) in [5.74, 6) is 0.883. The van der Waals surface area contributed by atoms with Crippen LogP contribution in [0.3, 0.4) is 0 Å². The third-order valence-corrected chi connectivity index (χ3v) is 5.81. The molecule has 170 valence electrons. The summed E-state index contributed by atoms with van der Waals surface area (Å²) in [6.45, 7) is 8.52. The number of aliphatic imine (C=N–C) groups is 1. The van der Waals surface area contributed by atoms with Gasteiger partial charge in [0.05, 0.1) is 19.3 Å². The first-order chi connectivity index (χ1) is 14.3. The molecule has 1 unspecified atom stereocenters. The molecular weight excluding hydrogens is 493 g/mol. The maximum absolute atomic E-state index is 5.75. The van der Waals surface area contributed by atoms with Crippen molar-refractivity contribution in [3.05, 3.63) is 35.9 Å². The quantitative estimate of drug-likeness (QED) is 0.210. The summed E-state index contributed by atoms with van der Waals surface area (Å²) in [4.78, 5) is 4.94. The first-order valence-electron chi connectivity index (χ1n) is 11.2. The Balaban J connectivity index is 0.00000320. The number of guanidine groups is 1. The van der Waals surface area contributed by atoms with Crippen molar-refractivity contribution in [1.82, 2.24) is 10.6 Å². The minimum Gasteiger partial charge on any atom is -0.381 e. The summed E-state index contributed by atoms with van der Waals surface area (Å²) in [5.41, 5.74) is 1.43. The zero-order valence-electron chi connectivity index (χ0n) is 18.2.